The third kappa shape index (κ3) is 4.94. The van der Waals surface area contributed by atoms with Gasteiger partial charge < -0.3 is 14.6 Å². The smallest absolute Gasteiger partial charge is 0.234 e. The minimum Gasteiger partial charge on any atom is -0.492 e. The average molecular weight is 431 g/mol. The Balaban J connectivity index is 1.50. The van der Waals surface area contributed by atoms with Gasteiger partial charge in [0.2, 0.25) is 5.91 Å². The lowest BCUT2D eigenvalue weighted by Crippen LogP contribution is -2.14. The summed E-state index contributed by atoms with van der Waals surface area (Å²) in [7, 11) is 0. The molecular formula is C26H26N2O2S. The minimum absolute atomic E-state index is 0.0483. The van der Waals surface area contributed by atoms with E-state index in [2.05, 4.69) is 65.5 Å². The zero-order valence-corrected chi connectivity index (χ0v) is 18.6. The van der Waals surface area contributed by atoms with Crippen LogP contribution < -0.4 is 10.1 Å². The molecule has 0 aliphatic carbocycles. The summed E-state index contributed by atoms with van der Waals surface area (Å²) >= 11 is 1.56. The van der Waals surface area contributed by atoms with Gasteiger partial charge in [0, 0.05) is 28.5 Å². The van der Waals surface area contributed by atoms with Crippen LogP contribution >= 0.6 is 11.8 Å². The standard InChI is InChI=1S/C26H26N2O2S/c1-3-30-24-15-9-7-13-22(24)27-26(29)18-31-25-17-28(23-14-8-6-12-21(23)25)16-20-11-5-4-10-19(20)2/h4-15,17H,3,16,18H2,1-2H3,(H,27,29). The molecule has 0 saturated heterocycles. The third-order valence-corrected chi connectivity index (χ3v) is 6.22. The lowest BCUT2D eigenvalue weighted by atomic mass is 10.1. The Bertz CT molecular complexity index is 1200. The second kappa shape index (κ2) is 9.75. The van der Waals surface area contributed by atoms with E-state index in [-0.39, 0.29) is 5.91 Å². The number of benzene rings is 3. The SMILES string of the molecule is CCOc1ccccc1NC(=O)CSc1cn(Cc2ccccc2C)c2ccccc12. The monoisotopic (exact) mass is 430 g/mol. The quantitative estimate of drug-likeness (QED) is 0.342. The van der Waals surface area contributed by atoms with Crippen LogP contribution in [0.2, 0.25) is 0 Å². The second-order valence-corrected chi connectivity index (χ2v) is 8.35. The first-order valence-corrected chi connectivity index (χ1v) is 11.4. The summed E-state index contributed by atoms with van der Waals surface area (Å²) in [6, 6.07) is 24.3. The minimum atomic E-state index is -0.0483. The van der Waals surface area contributed by atoms with Crippen molar-refractivity contribution in [2.75, 3.05) is 17.7 Å². The van der Waals surface area contributed by atoms with E-state index in [4.69, 9.17) is 4.74 Å². The van der Waals surface area contributed by atoms with Gasteiger partial charge in [0.05, 0.1) is 18.0 Å². The van der Waals surface area contributed by atoms with E-state index in [0.29, 0.717) is 23.8 Å². The summed E-state index contributed by atoms with van der Waals surface area (Å²) in [5.74, 6) is 0.977. The molecule has 3 aromatic carbocycles. The predicted molar refractivity (Wildman–Crippen MR) is 129 cm³/mol. The maximum absolute atomic E-state index is 12.6. The molecule has 4 rings (SSSR count). The van der Waals surface area contributed by atoms with Crippen molar-refractivity contribution in [3.8, 4) is 5.75 Å². The Kier molecular flexibility index (Phi) is 6.63. The van der Waals surface area contributed by atoms with Crippen molar-refractivity contribution in [3.63, 3.8) is 0 Å². The second-order valence-electron chi connectivity index (χ2n) is 7.33. The van der Waals surface area contributed by atoms with Gasteiger partial charge in [-0.1, -0.05) is 54.6 Å². The van der Waals surface area contributed by atoms with Crippen LogP contribution in [0.3, 0.4) is 0 Å². The molecule has 5 heteroatoms. The number of fused-ring (bicyclic) bond motifs is 1. The van der Waals surface area contributed by atoms with Crippen LogP contribution in [0.15, 0.2) is 83.9 Å². The van der Waals surface area contributed by atoms with Crippen LogP contribution in [0.5, 0.6) is 5.75 Å². The first-order valence-electron chi connectivity index (χ1n) is 10.4. The molecule has 0 spiro atoms. The Morgan fingerprint density at radius 1 is 1.00 bits per heavy atom. The molecule has 1 N–H and O–H groups in total. The van der Waals surface area contributed by atoms with Crippen molar-refractivity contribution in [2.24, 2.45) is 0 Å². The first kappa shape index (κ1) is 21.1. The Morgan fingerprint density at radius 2 is 1.74 bits per heavy atom. The highest BCUT2D eigenvalue weighted by molar-refractivity contribution is 8.00. The number of ether oxygens (including phenoxy) is 1. The van der Waals surface area contributed by atoms with E-state index in [1.165, 1.54) is 22.0 Å². The van der Waals surface area contributed by atoms with Gasteiger partial charge in [-0.15, -0.1) is 11.8 Å². The summed E-state index contributed by atoms with van der Waals surface area (Å²) in [6.45, 7) is 5.44. The van der Waals surface area contributed by atoms with Gasteiger partial charge >= 0.3 is 0 Å². The van der Waals surface area contributed by atoms with Gasteiger partial charge in [-0.25, -0.2) is 0 Å². The third-order valence-electron chi connectivity index (χ3n) is 5.17. The summed E-state index contributed by atoms with van der Waals surface area (Å²) in [5.41, 5.74) is 4.46. The summed E-state index contributed by atoms with van der Waals surface area (Å²) in [5, 5.41) is 4.15. The van der Waals surface area contributed by atoms with Gasteiger partial charge in [-0.3, -0.25) is 4.79 Å². The summed E-state index contributed by atoms with van der Waals surface area (Å²) in [4.78, 5) is 13.7. The zero-order chi connectivity index (χ0) is 21.6. The highest BCUT2D eigenvalue weighted by atomic mass is 32.2. The van der Waals surface area contributed by atoms with Crippen molar-refractivity contribution >= 4 is 34.3 Å². The fraction of sp³-hybridized carbons (Fsp3) is 0.192. The number of hydrogen-bond acceptors (Lipinski definition) is 3. The molecule has 158 valence electrons. The topological polar surface area (TPSA) is 43.3 Å². The number of aryl methyl sites for hydroxylation is 1. The molecule has 31 heavy (non-hydrogen) atoms. The first-order chi connectivity index (χ1) is 15.2. The molecule has 0 bridgehead atoms. The summed E-state index contributed by atoms with van der Waals surface area (Å²) in [6.07, 6.45) is 2.16. The number of carbonyl (C=O) groups excluding carboxylic acids is 1. The lowest BCUT2D eigenvalue weighted by Gasteiger charge is -2.11. The Hall–Kier alpha value is -3.18. The molecule has 0 unspecified atom stereocenters. The number of amides is 1. The van der Waals surface area contributed by atoms with E-state index in [9.17, 15) is 4.79 Å². The van der Waals surface area contributed by atoms with Crippen LogP contribution in [-0.4, -0.2) is 22.8 Å². The van der Waals surface area contributed by atoms with Crippen molar-refractivity contribution in [1.82, 2.24) is 4.57 Å². The zero-order valence-electron chi connectivity index (χ0n) is 17.8. The van der Waals surface area contributed by atoms with Gasteiger partial charge in [0.15, 0.2) is 0 Å². The van der Waals surface area contributed by atoms with Crippen molar-refractivity contribution in [3.05, 3.63) is 90.1 Å². The summed E-state index contributed by atoms with van der Waals surface area (Å²) < 4.78 is 7.87. The van der Waals surface area contributed by atoms with Gasteiger partial charge in [-0.05, 0) is 43.2 Å². The van der Waals surface area contributed by atoms with Gasteiger partial charge in [0.25, 0.3) is 0 Å². The number of carbonyl (C=O) groups is 1. The molecule has 0 radical (unpaired) electrons. The largest absolute Gasteiger partial charge is 0.492 e. The van der Waals surface area contributed by atoms with Crippen LogP contribution in [-0.2, 0) is 11.3 Å². The van der Waals surface area contributed by atoms with E-state index in [1.807, 2.05) is 37.3 Å². The molecule has 1 heterocycles. The normalized spacial score (nSPS) is 10.9. The molecule has 0 aliphatic heterocycles. The number of nitrogens with zero attached hydrogens (tertiary/aromatic N) is 1. The lowest BCUT2D eigenvalue weighted by molar-refractivity contribution is -0.113. The molecule has 1 aromatic heterocycles. The Labute approximate surface area is 187 Å². The van der Waals surface area contributed by atoms with Crippen LogP contribution in [0.4, 0.5) is 5.69 Å². The number of nitrogens with one attached hydrogen (secondary N) is 1. The molecule has 4 aromatic rings. The highest BCUT2D eigenvalue weighted by Gasteiger charge is 2.13. The number of thioether (sulfide) groups is 1. The maximum Gasteiger partial charge on any atom is 0.234 e. The van der Waals surface area contributed by atoms with Gasteiger partial charge in [0.1, 0.15) is 5.75 Å². The number of para-hydroxylation sites is 3. The van der Waals surface area contributed by atoms with E-state index in [1.54, 1.807) is 11.8 Å². The molecule has 0 saturated carbocycles. The van der Waals surface area contributed by atoms with E-state index >= 15 is 0 Å². The van der Waals surface area contributed by atoms with Gasteiger partial charge in [-0.2, -0.15) is 0 Å². The van der Waals surface area contributed by atoms with E-state index < -0.39 is 0 Å². The Morgan fingerprint density at radius 3 is 2.58 bits per heavy atom. The number of anilines is 1. The van der Waals surface area contributed by atoms with Crippen molar-refractivity contribution in [1.29, 1.82) is 0 Å². The fourth-order valence-electron chi connectivity index (χ4n) is 3.61. The molecule has 0 aliphatic rings. The average Bonchev–Trinajstić information content (AvgIpc) is 3.13. The predicted octanol–water partition coefficient (Wildman–Crippen LogP) is 6.13. The number of hydrogen-bond donors (Lipinski definition) is 1. The molecule has 0 fully saturated rings. The van der Waals surface area contributed by atoms with Crippen molar-refractivity contribution in [2.45, 2.75) is 25.3 Å². The molecular weight excluding hydrogens is 404 g/mol. The maximum atomic E-state index is 12.6. The molecule has 1 amide bonds. The van der Waals surface area contributed by atoms with Crippen molar-refractivity contribution < 1.29 is 9.53 Å². The highest BCUT2D eigenvalue weighted by Crippen LogP contribution is 2.31. The fourth-order valence-corrected chi connectivity index (χ4v) is 4.50. The van der Waals surface area contributed by atoms with Crippen LogP contribution in [0, 0.1) is 6.92 Å². The van der Waals surface area contributed by atoms with E-state index in [0.717, 1.165) is 11.4 Å². The molecule has 4 nitrogen and oxygen atoms in total. The number of aromatic nitrogens is 1. The van der Waals surface area contributed by atoms with Crippen LogP contribution in [0.1, 0.15) is 18.1 Å². The van der Waals surface area contributed by atoms with Crippen LogP contribution in [0.25, 0.3) is 10.9 Å². The number of rotatable bonds is 8. The molecule has 0 atom stereocenters.